The molecule has 1 aromatic carbocycles. The van der Waals surface area contributed by atoms with Gasteiger partial charge in [0.15, 0.2) is 0 Å². The third-order valence-corrected chi connectivity index (χ3v) is 1.64. The first-order valence-corrected chi connectivity index (χ1v) is 3.62. The Kier molecular flexibility index (Phi) is 1.55. The quantitative estimate of drug-likeness (QED) is 0.648. The van der Waals surface area contributed by atoms with Crippen LogP contribution in [0.15, 0.2) is 41.1 Å². The van der Waals surface area contributed by atoms with Crippen molar-refractivity contribution in [3.8, 4) is 11.3 Å². The number of nitrogens with two attached hydrogens (primary N) is 1. The van der Waals surface area contributed by atoms with Crippen LogP contribution in [0.2, 0.25) is 0 Å². The van der Waals surface area contributed by atoms with Gasteiger partial charge in [-0.3, -0.25) is 0 Å². The minimum atomic E-state index is 0.752. The van der Waals surface area contributed by atoms with Gasteiger partial charge in [-0.15, -0.1) is 0 Å². The second kappa shape index (κ2) is 2.70. The molecule has 60 valence electrons. The second-order valence-corrected chi connectivity index (χ2v) is 2.51. The molecule has 3 nitrogen and oxygen atoms in total. The van der Waals surface area contributed by atoms with Crippen LogP contribution >= 0.6 is 0 Å². The molecule has 0 aliphatic rings. The van der Waals surface area contributed by atoms with Crippen molar-refractivity contribution in [1.82, 2.24) is 5.16 Å². The van der Waals surface area contributed by atoms with Crippen molar-refractivity contribution in [2.24, 2.45) is 0 Å². The number of nitrogen functional groups attached to an aromatic ring is 1. The van der Waals surface area contributed by atoms with E-state index in [9.17, 15) is 0 Å². The highest BCUT2D eigenvalue weighted by atomic mass is 16.5. The second-order valence-electron chi connectivity index (χ2n) is 2.51. The molecule has 12 heavy (non-hydrogen) atoms. The fourth-order valence-corrected chi connectivity index (χ4v) is 1.02. The molecule has 0 aliphatic carbocycles. The van der Waals surface area contributed by atoms with Gasteiger partial charge in [0, 0.05) is 17.3 Å². The molecule has 0 atom stereocenters. The maximum absolute atomic E-state index is 5.54. The molecule has 0 amide bonds. The summed E-state index contributed by atoms with van der Waals surface area (Å²) in [6.45, 7) is 0. The Balaban J connectivity index is 2.43. The van der Waals surface area contributed by atoms with Gasteiger partial charge in [-0.25, -0.2) is 0 Å². The molecule has 2 aromatic rings. The third kappa shape index (κ3) is 1.16. The van der Waals surface area contributed by atoms with Gasteiger partial charge in [0.05, 0.1) is 0 Å². The highest BCUT2D eigenvalue weighted by Crippen LogP contribution is 2.17. The highest BCUT2D eigenvalue weighted by molar-refractivity contribution is 5.60. The van der Waals surface area contributed by atoms with Crippen molar-refractivity contribution in [2.75, 3.05) is 5.73 Å². The van der Waals surface area contributed by atoms with Gasteiger partial charge >= 0.3 is 0 Å². The van der Waals surface area contributed by atoms with Gasteiger partial charge < -0.3 is 10.3 Å². The minimum Gasteiger partial charge on any atom is -0.399 e. The first-order chi connectivity index (χ1) is 5.86. The van der Waals surface area contributed by atoms with Crippen molar-refractivity contribution in [3.05, 3.63) is 36.6 Å². The summed E-state index contributed by atoms with van der Waals surface area (Å²) in [5.41, 5.74) is 8.13. The fraction of sp³-hybridized carbons (Fsp3) is 0. The van der Waals surface area contributed by atoms with E-state index in [2.05, 4.69) is 5.16 Å². The monoisotopic (exact) mass is 160 g/mol. The van der Waals surface area contributed by atoms with Crippen LogP contribution < -0.4 is 5.73 Å². The number of hydrogen-bond donors (Lipinski definition) is 1. The van der Waals surface area contributed by atoms with Gasteiger partial charge in [-0.05, 0) is 12.1 Å². The molecule has 0 fully saturated rings. The summed E-state index contributed by atoms with van der Waals surface area (Å²) >= 11 is 0. The number of anilines is 1. The normalized spacial score (nSPS) is 10.0. The van der Waals surface area contributed by atoms with E-state index in [1.54, 1.807) is 6.26 Å². The van der Waals surface area contributed by atoms with Gasteiger partial charge in [0.25, 0.3) is 0 Å². The molecule has 0 radical (unpaired) electrons. The molecule has 0 unspecified atom stereocenters. The van der Waals surface area contributed by atoms with E-state index in [1.165, 1.54) is 0 Å². The predicted molar refractivity (Wildman–Crippen MR) is 46.4 cm³/mol. The Labute approximate surface area is 69.8 Å². The third-order valence-electron chi connectivity index (χ3n) is 1.64. The molecule has 2 N–H and O–H groups in total. The molecule has 0 saturated heterocycles. The number of benzene rings is 1. The van der Waals surface area contributed by atoms with Crippen LogP contribution in [0.5, 0.6) is 0 Å². The van der Waals surface area contributed by atoms with Crippen molar-refractivity contribution in [2.45, 2.75) is 0 Å². The van der Waals surface area contributed by atoms with E-state index < -0.39 is 0 Å². The Hall–Kier alpha value is -1.77. The zero-order valence-electron chi connectivity index (χ0n) is 6.40. The summed E-state index contributed by atoms with van der Waals surface area (Å²) in [4.78, 5) is 0. The van der Waals surface area contributed by atoms with Crippen LogP contribution in [0.1, 0.15) is 0 Å². The van der Waals surface area contributed by atoms with Crippen molar-refractivity contribution >= 4 is 5.69 Å². The van der Waals surface area contributed by atoms with Gasteiger partial charge in [-0.2, -0.15) is 0 Å². The Morgan fingerprint density at radius 1 is 1.08 bits per heavy atom. The lowest BCUT2D eigenvalue weighted by Gasteiger charge is -1.95. The highest BCUT2D eigenvalue weighted by Gasteiger charge is 1.98. The standard InChI is InChI=1S/C9H8N2O/c10-8-3-1-7(2-4-8)9-5-6-12-11-9/h1-6H,10H2. The lowest BCUT2D eigenvalue weighted by atomic mass is 10.1. The van der Waals surface area contributed by atoms with Crippen LogP contribution in [0.25, 0.3) is 11.3 Å². The summed E-state index contributed by atoms with van der Waals surface area (Å²) < 4.78 is 4.72. The van der Waals surface area contributed by atoms with Crippen molar-refractivity contribution in [1.29, 1.82) is 0 Å². The molecular formula is C9H8N2O. The molecule has 1 aromatic heterocycles. The topological polar surface area (TPSA) is 52.0 Å². The van der Waals surface area contributed by atoms with Gasteiger partial charge in [0.2, 0.25) is 0 Å². The maximum Gasteiger partial charge on any atom is 0.124 e. The average Bonchev–Trinajstić information content (AvgIpc) is 2.58. The molecule has 0 bridgehead atoms. The molecule has 0 spiro atoms. The summed E-state index contributed by atoms with van der Waals surface area (Å²) in [5, 5.41) is 3.80. The molecule has 3 heteroatoms. The van der Waals surface area contributed by atoms with Crippen molar-refractivity contribution < 1.29 is 4.52 Å². The smallest absolute Gasteiger partial charge is 0.124 e. The molecular weight excluding hydrogens is 152 g/mol. The average molecular weight is 160 g/mol. The lowest BCUT2D eigenvalue weighted by Crippen LogP contribution is -1.83. The number of nitrogens with zero attached hydrogens (tertiary/aromatic N) is 1. The number of rotatable bonds is 1. The SMILES string of the molecule is Nc1ccc(-c2ccon2)cc1. The summed E-state index contributed by atoms with van der Waals surface area (Å²) in [5.74, 6) is 0. The van der Waals surface area contributed by atoms with E-state index in [4.69, 9.17) is 10.3 Å². The van der Waals surface area contributed by atoms with E-state index in [0.717, 1.165) is 16.9 Å². The Morgan fingerprint density at radius 3 is 2.42 bits per heavy atom. The van der Waals surface area contributed by atoms with E-state index in [-0.39, 0.29) is 0 Å². The first-order valence-electron chi connectivity index (χ1n) is 3.62. The van der Waals surface area contributed by atoms with E-state index in [1.807, 2.05) is 30.3 Å². The Morgan fingerprint density at radius 2 is 1.83 bits per heavy atom. The first kappa shape index (κ1) is 6.91. The van der Waals surface area contributed by atoms with E-state index in [0.29, 0.717) is 0 Å². The molecule has 1 heterocycles. The minimum absolute atomic E-state index is 0.752. The lowest BCUT2D eigenvalue weighted by molar-refractivity contribution is 0.422. The molecule has 2 rings (SSSR count). The fourth-order valence-electron chi connectivity index (χ4n) is 1.02. The summed E-state index contributed by atoms with van der Waals surface area (Å²) in [6, 6.07) is 9.31. The number of hydrogen-bond acceptors (Lipinski definition) is 3. The predicted octanol–water partition coefficient (Wildman–Crippen LogP) is 1.92. The summed E-state index contributed by atoms with van der Waals surface area (Å²) in [6.07, 6.45) is 1.55. The zero-order valence-corrected chi connectivity index (χ0v) is 6.40. The molecule has 0 aliphatic heterocycles. The van der Waals surface area contributed by atoms with Gasteiger partial charge in [0.1, 0.15) is 12.0 Å². The Bertz CT molecular complexity index is 351. The number of aromatic nitrogens is 1. The van der Waals surface area contributed by atoms with Crippen LogP contribution in [-0.4, -0.2) is 5.16 Å². The largest absolute Gasteiger partial charge is 0.399 e. The van der Waals surface area contributed by atoms with Gasteiger partial charge in [-0.1, -0.05) is 17.3 Å². The van der Waals surface area contributed by atoms with Crippen LogP contribution in [0.4, 0.5) is 5.69 Å². The molecule has 0 saturated carbocycles. The van der Waals surface area contributed by atoms with Crippen LogP contribution in [-0.2, 0) is 0 Å². The maximum atomic E-state index is 5.54. The van der Waals surface area contributed by atoms with E-state index >= 15 is 0 Å². The zero-order chi connectivity index (χ0) is 8.39. The van der Waals surface area contributed by atoms with Crippen LogP contribution in [0, 0.1) is 0 Å². The summed E-state index contributed by atoms with van der Waals surface area (Å²) in [7, 11) is 0. The van der Waals surface area contributed by atoms with Crippen molar-refractivity contribution in [3.63, 3.8) is 0 Å². The van der Waals surface area contributed by atoms with Crippen LogP contribution in [0.3, 0.4) is 0 Å².